The van der Waals surface area contributed by atoms with Crippen LogP contribution in [0.3, 0.4) is 0 Å². The summed E-state index contributed by atoms with van der Waals surface area (Å²) >= 11 is 0.873. The molecule has 0 spiro atoms. The SMILES string of the molecule is CCCCC(CN)NC(=O)c1ccc([N+](=O)[O-])s1. The van der Waals surface area contributed by atoms with E-state index in [0.717, 1.165) is 30.6 Å². The number of amides is 1. The molecule has 18 heavy (non-hydrogen) atoms. The Hall–Kier alpha value is -1.47. The number of nitrogens with zero attached hydrogens (tertiary/aromatic N) is 1. The molecular weight excluding hydrogens is 254 g/mol. The van der Waals surface area contributed by atoms with Crippen LogP contribution in [-0.4, -0.2) is 23.4 Å². The molecule has 0 aliphatic heterocycles. The minimum atomic E-state index is -0.501. The van der Waals surface area contributed by atoms with Crippen molar-refractivity contribution in [2.75, 3.05) is 6.54 Å². The molecular formula is C11H17N3O3S. The van der Waals surface area contributed by atoms with Crippen molar-refractivity contribution in [1.82, 2.24) is 5.32 Å². The van der Waals surface area contributed by atoms with Gasteiger partial charge in [0.15, 0.2) is 0 Å². The maximum Gasteiger partial charge on any atom is 0.324 e. The molecule has 7 heteroatoms. The predicted molar refractivity (Wildman–Crippen MR) is 70.8 cm³/mol. The molecule has 1 heterocycles. The van der Waals surface area contributed by atoms with Gasteiger partial charge in [0.05, 0.1) is 9.80 Å². The number of thiophene rings is 1. The lowest BCUT2D eigenvalue weighted by atomic mass is 10.1. The number of nitrogens with one attached hydrogen (secondary N) is 1. The minimum absolute atomic E-state index is 0.0296. The van der Waals surface area contributed by atoms with E-state index in [2.05, 4.69) is 12.2 Å². The minimum Gasteiger partial charge on any atom is -0.347 e. The van der Waals surface area contributed by atoms with E-state index in [1.54, 1.807) is 0 Å². The number of carbonyl (C=O) groups is 1. The average molecular weight is 271 g/mol. The molecule has 1 amide bonds. The molecule has 0 bridgehead atoms. The number of nitro groups is 1. The summed E-state index contributed by atoms with van der Waals surface area (Å²) in [6.45, 7) is 2.44. The van der Waals surface area contributed by atoms with E-state index in [0.29, 0.717) is 11.4 Å². The molecule has 0 saturated carbocycles. The molecule has 0 fully saturated rings. The first kappa shape index (κ1) is 14.6. The van der Waals surface area contributed by atoms with Crippen LogP contribution in [-0.2, 0) is 0 Å². The highest BCUT2D eigenvalue weighted by Crippen LogP contribution is 2.23. The van der Waals surface area contributed by atoms with Crippen LogP contribution in [0.15, 0.2) is 12.1 Å². The Balaban J connectivity index is 2.59. The van der Waals surface area contributed by atoms with Gasteiger partial charge in [-0.15, -0.1) is 0 Å². The molecule has 1 rings (SSSR count). The van der Waals surface area contributed by atoms with E-state index in [-0.39, 0.29) is 17.0 Å². The van der Waals surface area contributed by atoms with Crippen LogP contribution in [0.1, 0.15) is 35.9 Å². The zero-order chi connectivity index (χ0) is 13.5. The van der Waals surface area contributed by atoms with Gasteiger partial charge < -0.3 is 11.1 Å². The fourth-order valence-electron chi connectivity index (χ4n) is 1.50. The molecule has 0 saturated heterocycles. The highest BCUT2D eigenvalue weighted by Gasteiger charge is 2.17. The molecule has 0 aliphatic carbocycles. The van der Waals surface area contributed by atoms with Crippen LogP contribution >= 0.6 is 11.3 Å². The van der Waals surface area contributed by atoms with Crippen molar-refractivity contribution in [3.63, 3.8) is 0 Å². The van der Waals surface area contributed by atoms with Crippen LogP contribution in [0.2, 0.25) is 0 Å². The number of unbranched alkanes of at least 4 members (excludes halogenated alkanes) is 1. The monoisotopic (exact) mass is 271 g/mol. The Morgan fingerprint density at radius 3 is 2.83 bits per heavy atom. The van der Waals surface area contributed by atoms with Gasteiger partial charge in [0.25, 0.3) is 5.91 Å². The second-order valence-electron chi connectivity index (χ2n) is 3.94. The molecule has 100 valence electrons. The van der Waals surface area contributed by atoms with Gasteiger partial charge in [0.2, 0.25) is 0 Å². The zero-order valence-corrected chi connectivity index (χ0v) is 11.0. The molecule has 1 atom stereocenters. The fourth-order valence-corrected chi connectivity index (χ4v) is 2.23. The van der Waals surface area contributed by atoms with Crippen LogP contribution < -0.4 is 11.1 Å². The summed E-state index contributed by atoms with van der Waals surface area (Å²) in [6, 6.07) is 2.73. The van der Waals surface area contributed by atoms with Crippen molar-refractivity contribution in [2.24, 2.45) is 5.73 Å². The summed E-state index contributed by atoms with van der Waals surface area (Å²) in [5.41, 5.74) is 5.57. The first-order chi connectivity index (χ1) is 8.58. The van der Waals surface area contributed by atoms with Gasteiger partial charge in [-0.3, -0.25) is 14.9 Å². The lowest BCUT2D eigenvalue weighted by Gasteiger charge is -2.15. The Labute approximate surface area is 109 Å². The topological polar surface area (TPSA) is 98.3 Å². The van der Waals surface area contributed by atoms with Crippen LogP contribution in [0.4, 0.5) is 5.00 Å². The van der Waals surface area contributed by atoms with Crippen LogP contribution in [0.5, 0.6) is 0 Å². The van der Waals surface area contributed by atoms with E-state index in [4.69, 9.17) is 5.73 Å². The second-order valence-corrected chi connectivity index (χ2v) is 5.01. The number of hydrogen-bond donors (Lipinski definition) is 2. The molecule has 0 radical (unpaired) electrons. The molecule has 1 aromatic heterocycles. The largest absolute Gasteiger partial charge is 0.347 e. The predicted octanol–water partition coefficient (Wildman–Crippen LogP) is 1.90. The van der Waals surface area contributed by atoms with Crippen molar-refractivity contribution in [3.05, 3.63) is 27.1 Å². The third-order valence-electron chi connectivity index (χ3n) is 2.52. The van der Waals surface area contributed by atoms with Crippen LogP contribution in [0.25, 0.3) is 0 Å². The summed E-state index contributed by atoms with van der Waals surface area (Å²) in [6.07, 6.45) is 2.86. The van der Waals surface area contributed by atoms with Gasteiger partial charge in [-0.05, 0) is 12.5 Å². The summed E-state index contributed by atoms with van der Waals surface area (Å²) in [4.78, 5) is 22.2. The van der Waals surface area contributed by atoms with Gasteiger partial charge in [0, 0.05) is 18.7 Å². The maximum atomic E-state index is 11.8. The van der Waals surface area contributed by atoms with Crippen LogP contribution in [0, 0.1) is 10.1 Å². The van der Waals surface area contributed by atoms with Crippen molar-refractivity contribution < 1.29 is 9.72 Å². The smallest absolute Gasteiger partial charge is 0.324 e. The first-order valence-electron chi connectivity index (χ1n) is 5.83. The Morgan fingerprint density at radius 2 is 2.33 bits per heavy atom. The second kappa shape index (κ2) is 7.07. The number of carbonyl (C=O) groups excluding carboxylic acids is 1. The first-order valence-corrected chi connectivity index (χ1v) is 6.65. The standard InChI is InChI=1S/C11H17N3O3S/c1-2-3-4-8(7-12)13-11(15)9-5-6-10(18-9)14(16)17/h5-6,8H,2-4,7,12H2,1H3,(H,13,15). The molecule has 6 nitrogen and oxygen atoms in total. The summed E-state index contributed by atoms with van der Waals surface area (Å²) in [5.74, 6) is -0.292. The van der Waals surface area contributed by atoms with Gasteiger partial charge >= 0.3 is 5.00 Å². The fraction of sp³-hybridized carbons (Fsp3) is 0.545. The Bertz CT molecular complexity index is 419. The van der Waals surface area contributed by atoms with Crippen molar-refractivity contribution in [2.45, 2.75) is 32.2 Å². The summed E-state index contributed by atoms with van der Waals surface area (Å²) in [7, 11) is 0. The highest BCUT2D eigenvalue weighted by molar-refractivity contribution is 7.17. The van der Waals surface area contributed by atoms with E-state index in [1.165, 1.54) is 12.1 Å². The van der Waals surface area contributed by atoms with Crippen molar-refractivity contribution in [1.29, 1.82) is 0 Å². The Morgan fingerprint density at radius 1 is 1.61 bits per heavy atom. The third kappa shape index (κ3) is 4.08. The molecule has 0 aromatic carbocycles. The number of hydrogen-bond acceptors (Lipinski definition) is 5. The van der Waals surface area contributed by atoms with Gasteiger partial charge in [0.1, 0.15) is 0 Å². The molecule has 3 N–H and O–H groups in total. The van der Waals surface area contributed by atoms with Gasteiger partial charge in [-0.25, -0.2) is 0 Å². The van der Waals surface area contributed by atoms with E-state index < -0.39 is 4.92 Å². The average Bonchev–Trinajstić information content (AvgIpc) is 2.83. The molecule has 1 aromatic rings. The zero-order valence-electron chi connectivity index (χ0n) is 10.2. The van der Waals surface area contributed by atoms with Crippen molar-refractivity contribution in [3.8, 4) is 0 Å². The highest BCUT2D eigenvalue weighted by atomic mass is 32.1. The molecule has 0 aliphatic rings. The van der Waals surface area contributed by atoms with Crippen molar-refractivity contribution >= 4 is 22.2 Å². The normalized spacial score (nSPS) is 12.1. The Kier molecular flexibility index (Phi) is 5.73. The lowest BCUT2D eigenvalue weighted by Crippen LogP contribution is -2.39. The summed E-state index contributed by atoms with van der Waals surface area (Å²) < 4.78 is 0. The number of rotatable bonds is 7. The van der Waals surface area contributed by atoms with Gasteiger partial charge in [-0.2, -0.15) is 0 Å². The van der Waals surface area contributed by atoms with E-state index in [9.17, 15) is 14.9 Å². The number of nitrogens with two attached hydrogens (primary N) is 1. The summed E-state index contributed by atoms with van der Waals surface area (Å²) in [5, 5.41) is 13.3. The maximum absolute atomic E-state index is 11.8. The van der Waals surface area contributed by atoms with E-state index >= 15 is 0 Å². The van der Waals surface area contributed by atoms with E-state index in [1.807, 2.05) is 0 Å². The van der Waals surface area contributed by atoms with Gasteiger partial charge in [-0.1, -0.05) is 31.1 Å². The third-order valence-corrected chi connectivity index (χ3v) is 3.56. The molecule has 1 unspecified atom stereocenters. The quantitative estimate of drug-likeness (QED) is 0.584. The lowest BCUT2D eigenvalue weighted by molar-refractivity contribution is -0.380.